The van der Waals surface area contributed by atoms with Gasteiger partial charge in [0.05, 0.1) is 34.4 Å². The third-order valence-corrected chi connectivity index (χ3v) is 10.4. The molecule has 64 heavy (non-hydrogen) atoms. The van der Waals surface area contributed by atoms with Gasteiger partial charge < -0.3 is 28.5 Å². The topological polar surface area (TPSA) is 108 Å². The lowest BCUT2D eigenvalue weighted by molar-refractivity contribution is -0.870. The van der Waals surface area contributed by atoms with Gasteiger partial charge in [0.15, 0.2) is 6.10 Å². The van der Waals surface area contributed by atoms with Crippen molar-refractivity contribution in [1.82, 2.24) is 0 Å². The normalized spacial score (nSPS) is 13.6. The molecule has 0 aliphatic rings. The molecule has 0 heterocycles. The second-order valence-corrected chi connectivity index (χ2v) is 17.8. The summed E-state index contributed by atoms with van der Waals surface area (Å²) in [4.78, 5) is 37.2. The van der Waals surface area contributed by atoms with Crippen LogP contribution >= 0.6 is 0 Å². The number of carboxylic acid groups (broad SMARTS) is 1. The van der Waals surface area contributed by atoms with Gasteiger partial charge in [-0.05, 0) is 64.2 Å². The van der Waals surface area contributed by atoms with Crippen LogP contribution in [0.3, 0.4) is 0 Å². The minimum Gasteiger partial charge on any atom is -0.477 e. The van der Waals surface area contributed by atoms with Crippen LogP contribution < -0.4 is 0 Å². The van der Waals surface area contributed by atoms with Gasteiger partial charge in [0.1, 0.15) is 13.2 Å². The van der Waals surface area contributed by atoms with Crippen molar-refractivity contribution in [3.63, 3.8) is 0 Å². The molecule has 0 saturated carbocycles. The van der Waals surface area contributed by atoms with Crippen molar-refractivity contribution in [1.29, 1.82) is 0 Å². The van der Waals surface area contributed by atoms with Crippen LogP contribution in [0.4, 0.5) is 0 Å². The zero-order valence-corrected chi connectivity index (χ0v) is 41.4. The maximum absolute atomic E-state index is 12.8. The van der Waals surface area contributed by atoms with Gasteiger partial charge >= 0.3 is 17.9 Å². The van der Waals surface area contributed by atoms with Crippen LogP contribution in [0.25, 0.3) is 0 Å². The van der Waals surface area contributed by atoms with E-state index >= 15 is 0 Å². The van der Waals surface area contributed by atoms with Crippen molar-refractivity contribution in [3.05, 3.63) is 85.1 Å². The number of nitrogens with zero attached hydrogens (tertiary/aromatic N) is 1. The quantitative estimate of drug-likeness (QED) is 0.0212. The van der Waals surface area contributed by atoms with E-state index in [0.29, 0.717) is 23.9 Å². The van der Waals surface area contributed by atoms with Gasteiger partial charge in [0.25, 0.3) is 6.29 Å². The van der Waals surface area contributed by atoms with E-state index in [-0.39, 0.29) is 38.6 Å². The number of carbonyl (C=O) groups is 3. The SMILES string of the molecule is CC/C=C\C/C=C\C/C=C\C/C=C\C/C=C\C/C=C\C/C=C\CCCC(=O)OC(COC(=O)CCCCCCCCCCCCCCCCCC)COC(OCC[N+](C)(C)C)C(=O)O. The number of unbranched alkanes of at least 4 members (excludes halogenated alkanes) is 16. The summed E-state index contributed by atoms with van der Waals surface area (Å²) in [6, 6.07) is 0. The summed E-state index contributed by atoms with van der Waals surface area (Å²) in [5, 5.41) is 9.66. The van der Waals surface area contributed by atoms with Crippen LogP contribution in [0.5, 0.6) is 0 Å². The van der Waals surface area contributed by atoms with E-state index in [0.717, 1.165) is 64.2 Å². The van der Waals surface area contributed by atoms with Crippen LogP contribution in [0, 0.1) is 0 Å². The van der Waals surface area contributed by atoms with Crippen molar-refractivity contribution >= 4 is 17.9 Å². The minimum atomic E-state index is -1.53. The number of allylic oxidation sites excluding steroid dienone is 14. The Kier molecular flexibility index (Phi) is 43.5. The van der Waals surface area contributed by atoms with Crippen LogP contribution in [-0.2, 0) is 33.3 Å². The molecule has 0 radical (unpaired) electrons. The minimum absolute atomic E-state index is 0.173. The molecule has 2 atom stereocenters. The Balaban J connectivity index is 4.48. The molecule has 0 bridgehead atoms. The second-order valence-electron chi connectivity index (χ2n) is 17.8. The molecule has 0 fully saturated rings. The maximum Gasteiger partial charge on any atom is 0.361 e. The number of carbonyl (C=O) groups excluding carboxylic acids is 2. The Bertz CT molecular complexity index is 1320. The second kappa shape index (κ2) is 46.0. The Hall–Kier alpha value is -3.53. The number of aliphatic carboxylic acids is 1. The van der Waals surface area contributed by atoms with Gasteiger partial charge in [-0.1, -0.05) is 195 Å². The first kappa shape index (κ1) is 60.5. The van der Waals surface area contributed by atoms with Crippen molar-refractivity contribution in [3.8, 4) is 0 Å². The van der Waals surface area contributed by atoms with Gasteiger partial charge in [-0.25, -0.2) is 4.79 Å². The monoisotopic (exact) mass is 897 g/mol. The predicted molar refractivity (Wildman–Crippen MR) is 267 cm³/mol. The van der Waals surface area contributed by atoms with E-state index in [2.05, 4.69) is 98.9 Å². The zero-order chi connectivity index (χ0) is 47.0. The maximum atomic E-state index is 12.8. The first-order valence-corrected chi connectivity index (χ1v) is 25.3. The fourth-order valence-electron chi connectivity index (χ4n) is 6.53. The van der Waals surface area contributed by atoms with E-state index in [4.69, 9.17) is 18.9 Å². The van der Waals surface area contributed by atoms with Gasteiger partial charge in [-0.15, -0.1) is 0 Å². The summed E-state index contributed by atoms with van der Waals surface area (Å²) in [5.41, 5.74) is 0. The highest BCUT2D eigenvalue weighted by Crippen LogP contribution is 2.15. The number of esters is 2. The van der Waals surface area contributed by atoms with Crippen LogP contribution in [0.2, 0.25) is 0 Å². The summed E-state index contributed by atoms with van der Waals surface area (Å²) in [6.45, 7) is 4.69. The van der Waals surface area contributed by atoms with Gasteiger partial charge in [0, 0.05) is 12.8 Å². The molecule has 0 rings (SSSR count). The van der Waals surface area contributed by atoms with Gasteiger partial charge in [-0.3, -0.25) is 9.59 Å². The number of quaternary nitrogens is 1. The van der Waals surface area contributed by atoms with E-state index in [9.17, 15) is 19.5 Å². The van der Waals surface area contributed by atoms with Crippen LogP contribution in [0.15, 0.2) is 85.1 Å². The molecule has 0 aromatic carbocycles. The summed E-state index contributed by atoms with van der Waals surface area (Å²) >= 11 is 0. The summed E-state index contributed by atoms with van der Waals surface area (Å²) in [6.07, 6.45) is 56.5. The predicted octanol–water partition coefficient (Wildman–Crippen LogP) is 14.1. The number of likely N-dealkylation sites (N-methyl/N-ethyl adjacent to an activating group) is 1. The average Bonchev–Trinajstić information content (AvgIpc) is 3.26. The molecule has 0 aliphatic heterocycles. The van der Waals surface area contributed by atoms with Crippen LogP contribution in [-0.4, -0.2) is 87.4 Å². The van der Waals surface area contributed by atoms with E-state index in [1.165, 1.54) is 83.5 Å². The fraction of sp³-hybridized carbons (Fsp3) is 0.691. The Morgan fingerprint density at radius 1 is 0.484 bits per heavy atom. The molecule has 9 nitrogen and oxygen atoms in total. The molecule has 0 aromatic rings. The lowest BCUT2D eigenvalue weighted by Gasteiger charge is -2.25. The summed E-state index contributed by atoms with van der Waals surface area (Å²) in [5.74, 6) is -2.09. The number of hydrogen-bond donors (Lipinski definition) is 1. The molecular weight excluding hydrogens is 803 g/mol. The average molecular weight is 897 g/mol. The Morgan fingerprint density at radius 3 is 1.31 bits per heavy atom. The Labute approximate surface area is 391 Å². The first-order chi connectivity index (χ1) is 31.1. The molecule has 0 saturated heterocycles. The highest BCUT2D eigenvalue weighted by molar-refractivity contribution is 5.71. The number of carboxylic acids is 1. The molecule has 366 valence electrons. The summed E-state index contributed by atoms with van der Waals surface area (Å²) < 4.78 is 22.7. The highest BCUT2D eigenvalue weighted by atomic mass is 16.7. The molecular formula is C55H94NO8+. The molecule has 1 N–H and O–H groups in total. The zero-order valence-electron chi connectivity index (χ0n) is 41.4. The smallest absolute Gasteiger partial charge is 0.361 e. The largest absolute Gasteiger partial charge is 0.477 e. The van der Waals surface area contributed by atoms with E-state index in [1.54, 1.807) is 0 Å². The van der Waals surface area contributed by atoms with Crippen molar-refractivity contribution in [2.45, 2.75) is 200 Å². The molecule has 0 aliphatic carbocycles. The fourth-order valence-corrected chi connectivity index (χ4v) is 6.53. The molecule has 0 spiro atoms. The van der Waals surface area contributed by atoms with Crippen LogP contribution in [0.1, 0.15) is 187 Å². The van der Waals surface area contributed by atoms with Crippen molar-refractivity contribution < 1.29 is 42.9 Å². The number of rotatable bonds is 45. The van der Waals surface area contributed by atoms with Gasteiger partial charge in [0.2, 0.25) is 0 Å². The molecule has 0 aromatic heterocycles. The van der Waals surface area contributed by atoms with E-state index < -0.39 is 24.3 Å². The van der Waals surface area contributed by atoms with Gasteiger partial charge in [-0.2, -0.15) is 0 Å². The van der Waals surface area contributed by atoms with Crippen molar-refractivity contribution in [2.24, 2.45) is 0 Å². The molecule has 0 amide bonds. The first-order valence-electron chi connectivity index (χ1n) is 25.3. The third-order valence-electron chi connectivity index (χ3n) is 10.4. The molecule has 9 heteroatoms. The van der Waals surface area contributed by atoms with Crippen molar-refractivity contribution in [2.75, 3.05) is 47.5 Å². The number of hydrogen-bond acceptors (Lipinski definition) is 7. The number of ether oxygens (including phenoxy) is 4. The lowest BCUT2D eigenvalue weighted by atomic mass is 10.0. The standard InChI is InChI=1S/C55H93NO8/c1-6-8-10-12-14-16-18-20-22-24-25-26-27-28-29-30-32-34-36-38-40-42-44-46-53(58)64-51(50-63-55(54(59)60)61-48-47-56(3,4)5)49-62-52(57)45-43-41-39-37-35-33-31-23-21-19-17-15-13-11-9-7-2/h8,10,14,16,20,22,25-26,28-29,32,34,38,40,51,55H,6-7,9,11-13,15,17-19,21,23-24,27,30-31,33,35-37,39,41-50H2,1-5H3/p+1/b10-8-,16-14-,22-20-,26-25-,29-28-,34-32-,40-38-. The lowest BCUT2D eigenvalue weighted by Crippen LogP contribution is -2.40. The summed E-state index contributed by atoms with van der Waals surface area (Å²) in [7, 11) is 5.94. The Morgan fingerprint density at radius 2 is 0.891 bits per heavy atom. The third kappa shape index (κ3) is 46.5. The molecule has 2 unspecified atom stereocenters. The van der Waals surface area contributed by atoms with E-state index in [1.807, 2.05) is 21.1 Å². The highest BCUT2D eigenvalue weighted by Gasteiger charge is 2.25.